The van der Waals surface area contributed by atoms with Gasteiger partial charge < -0.3 is 10.1 Å². The first-order valence-corrected chi connectivity index (χ1v) is 10.2. The summed E-state index contributed by atoms with van der Waals surface area (Å²) in [5, 5.41) is 2.62. The molecule has 0 unspecified atom stereocenters. The number of hydrogen-bond donors (Lipinski definition) is 1. The Hall–Kier alpha value is -2.38. The van der Waals surface area contributed by atoms with E-state index < -0.39 is 10.0 Å². The number of benzene rings is 2. The minimum atomic E-state index is -3.17. The third kappa shape index (κ3) is 3.59. The standard InChI is InChI=1S/C19H20N2O4S/c22-19(14-12-21(13-14)26(23,24)18-10-11-18)20-15-6-8-17(9-7-15)25-16-4-2-1-3-5-16/h1-9,14,18H,10-13H2,(H,20,22). The lowest BCUT2D eigenvalue weighted by Gasteiger charge is -2.37. The minimum Gasteiger partial charge on any atom is -0.457 e. The maximum absolute atomic E-state index is 12.3. The largest absolute Gasteiger partial charge is 0.457 e. The Labute approximate surface area is 152 Å². The van der Waals surface area contributed by atoms with E-state index in [1.165, 1.54) is 4.31 Å². The molecule has 2 aromatic carbocycles. The van der Waals surface area contributed by atoms with Crippen LogP contribution in [0.4, 0.5) is 5.69 Å². The Kier molecular flexibility index (Phi) is 4.42. The van der Waals surface area contributed by atoms with Crippen molar-refractivity contribution in [3.8, 4) is 11.5 Å². The molecule has 1 aliphatic heterocycles. The molecule has 1 aliphatic carbocycles. The molecule has 0 atom stereocenters. The molecule has 0 aromatic heterocycles. The number of anilines is 1. The monoisotopic (exact) mass is 372 g/mol. The quantitative estimate of drug-likeness (QED) is 0.846. The highest BCUT2D eigenvalue weighted by atomic mass is 32.2. The summed E-state index contributed by atoms with van der Waals surface area (Å²) in [4.78, 5) is 12.3. The van der Waals surface area contributed by atoms with Crippen molar-refractivity contribution in [2.45, 2.75) is 18.1 Å². The smallest absolute Gasteiger partial charge is 0.230 e. The van der Waals surface area contributed by atoms with Crippen molar-refractivity contribution >= 4 is 21.6 Å². The lowest BCUT2D eigenvalue weighted by Crippen LogP contribution is -2.55. The van der Waals surface area contributed by atoms with Crippen LogP contribution in [-0.4, -0.2) is 37.0 Å². The Morgan fingerprint density at radius 3 is 2.19 bits per heavy atom. The first-order valence-electron chi connectivity index (χ1n) is 8.65. The van der Waals surface area contributed by atoms with Crippen LogP contribution in [0.5, 0.6) is 11.5 Å². The van der Waals surface area contributed by atoms with E-state index >= 15 is 0 Å². The number of carbonyl (C=O) groups is 1. The van der Waals surface area contributed by atoms with E-state index in [1.807, 2.05) is 30.3 Å². The summed E-state index contributed by atoms with van der Waals surface area (Å²) in [6.45, 7) is 0.555. The number of nitrogens with one attached hydrogen (secondary N) is 1. The molecule has 136 valence electrons. The van der Waals surface area contributed by atoms with E-state index in [0.29, 0.717) is 11.4 Å². The lowest BCUT2D eigenvalue weighted by atomic mass is 10.0. The minimum absolute atomic E-state index is 0.149. The number of sulfonamides is 1. The fourth-order valence-electron chi connectivity index (χ4n) is 2.86. The summed E-state index contributed by atoms with van der Waals surface area (Å²) in [7, 11) is -3.17. The van der Waals surface area contributed by atoms with Crippen molar-refractivity contribution in [3.05, 3.63) is 54.6 Å². The molecule has 2 aliphatic rings. The zero-order valence-corrected chi connectivity index (χ0v) is 15.0. The van der Waals surface area contributed by atoms with Crippen LogP contribution in [0.1, 0.15) is 12.8 Å². The number of ether oxygens (including phenoxy) is 1. The van der Waals surface area contributed by atoms with Crippen molar-refractivity contribution < 1.29 is 17.9 Å². The molecule has 2 aromatic rings. The summed E-state index contributed by atoms with van der Waals surface area (Å²) in [5.74, 6) is 0.989. The first kappa shape index (κ1) is 17.1. The summed E-state index contributed by atoms with van der Waals surface area (Å²) >= 11 is 0. The van der Waals surface area contributed by atoms with E-state index in [0.717, 1.165) is 18.6 Å². The molecule has 2 fully saturated rings. The van der Waals surface area contributed by atoms with Gasteiger partial charge in [0.15, 0.2) is 0 Å². The van der Waals surface area contributed by atoms with Gasteiger partial charge in [-0.1, -0.05) is 18.2 Å². The number of nitrogens with zero attached hydrogens (tertiary/aromatic N) is 1. The van der Waals surface area contributed by atoms with Crippen LogP contribution < -0.4 is 10.1 Å². The third-order valence-electron chi connectivity index (χ3n) is 4.63. The van der Waals surface area contributed by atoms with Gasteiger partial charge >= 0.3 is 0 Å². The molecule has 1 heterocycles. The maximum Gasteiger partial charge on any atom is 0.230 e. The van der Waals surface area contributed by atoms with Gasteiger partial charge in [-0.25, -0.2) is 8.42 Å². The van der Waals surface area contributed by atoms with Gasteiger partial charge in [-0.2, -0.15) is 4.31 Å². The Bertz CT molecular complexity index is 887. The second kappa shape index (κ2) is 6.74. The molecular weight excluding hydrogens is 352 g/mol. The molecule has 0 bridgehead atoms. The van der Waals surface area contributed by atoms with E-state index in [4.69, 9.17) is 4.74 Å². The molecule has 7 heteroatoms. The second-order valence-electron chi connectivity index (χ2n) is 6.69. The van der Waals surface area contributed by atoms with Gasteiger partial charge in [0.1, 0.15) is 11.5 Å². The number of para-hydroxylation sites is 1. The SMILES string of the molecule is O=C(Nc1ccc(Oc2ccccc2)cc1)C1CN(S(=O)(=O)C2CC2)C1. The maximum atomic E-state index is 12.3. The molecule has 0 spiro atoms. The lowest BCUT2D eigenvalue weighted by molar-refractivity contribution is -0.122. The highest BCUT2D eigenvalue weighted by Crippen LogP contribution is 2.34. The topological polar surface area (TPSA) is 75.7 Å². The summed E-state index contributed by atoms with van der Waals surface area (Å²) in [6, 6.07) is 16.6. The van der Waals surface area contributed by atoms with E-state index in [9.17, 15) is 13.2 Å². The fraction of sp³-hybridized carbons (Fsp3) is 0.316. The highest BCUT2D eigenvalue weighted by molar-refractivity contribution is 7.90. The summed E-state index contributed by atoms with van der Waals surface area (Å²) in [5.41, 5.74) is 0.666. The van der Waals surface area contributed by atoms with Crippen LogP contribution in [0.15, 0.2) is 54.6 Å². The molecular formula is C19H20N2O4S. The summed E-state index contributed by atoms with van der Waals surface area (Å²) in [6.07, 6.45) is 1.49. The van der Waals surface area contributed by atoms with Crippen molar-refractivity contribution in [1.82, 2.24) is 4.31 Å². The highest BCUT2D eigenvalue weighted by Gasteiger charge is 2.46. The van der Waals surface area contributed by atoms with Crippen molar-refractivity contribution in [3.63, 3.8) is 0 Å². The van der Waals surface area contributed by atoms with Crippen LogP contribution in [0.3, 0.4) is 0 Å². The predicted molar refractivity (Wildman–Crippen MR) is 98.6 cm³/mol. The van der Waals surface area contributed by atoms with Crippen LogP contribution in [0.2, 0.25) is 0 Å². The molecule has 26 heavy (non-hydrogen) atoms. The number of amides is 1. The third-order valence-corrected chi connectivity index (χ3v) is 6.96. The molecule has 1 saturated heterocycles. The van der Waals surface area contributed by atoms with E-state index in [2.05, 4.69) is 5.32 Å². The second-order valence-corrected chi connectivity index (χ2v) is 8.90. The van der Waals surface area contributed by atoms with Gasteiger partial charge in [-0.05, 0) is 49.2 Å². The zero-order valence-electron chi connectivity index (χ0n) is 14.2. The van der Waals surface area contributed by atoms with Crippen molar-refractivity contribution in [2.75, 3.05) is 18.4 Å². The van der Waals surface area contributed by atoms with E-state index in [1.54, 1.807) is 24.3 Å². The number of carbonyl (C=O) groups excluding carboxylic acids is 1. The molecule has 1 N–H and O–H groups in total. The van der Waals surface area contributed by atoms with Gasteiger partial charge in [-0.3, -0.25) is 4.79 Å². The van der Waals surface area contributed by atoms with Gasteiger partial charge in [-0.15, -0.1) is 0 Å². The zero-order chi connectivity index (χ0) is 18.1. The number of rotatable bonds is 6. The van der Waals surface area contributed by atoms with Gasteiger partial charge in [0, 0.05) is 18.8 Å². The molecule has 4 rings (SSSR count). The van der Waals surface area contributed by atoms with E-state index in [-0.39, 0.29) is 30.2 Å². The van der Waals surface area contributed by atoms with Gasteiger partial charge in [0.05, 0.1) is 11.2 Å². The van der Waals surface area contributed by atoms with Gasteiger partial charge in [0.2, 0.25) is 15.9 Å². The van der Waals surface area contributed by atoms with Crippen LogP contribution in [0.25, 0.3) is 0 Å². The van der Waals surface area contributed by atoms with Crippen molar-refractivity contribution in [2.24, 2.45) is 5.92 Å². The molecule has 6 nitrogen and oxygen atoms in total. The number of hydrogen-bond acceptors (Lipinski definition) is 4. The molecule has 1 saturated carbocycles. The average molecular weight is 372 g/mol. The van der Waals surface area contributed by atoms with Gasteiger partial charge in [0.25, 0.3) is 0 Å². The Morgan fingerprint density at radius 1 is 0.962 bits per heavy atom. The Morgan fingerprint density at radius 2 is 1.58 bits per heavy atom. The first-order chi connectivity index (χ1) is 12.5. The fourth-order valence-corrected chi connectivity index (χ4v) is 4.79. The van der Waals surface area contributed by atoms with Crippen LogP contribution in [0, 0.1) is 5.92 Å². The molecule has 0 radical (unpaired) electrons. The van der Waals surface area contributed by atoms with Crippen LogP contribution >= 0.6 is 0 Å². The summed E-state index contributed by atoms with van der Waals surface area (Å²) < 4.78 is 31.3. The average Bonchev–Trinajstić information content (AvgIpc) is 3.41. The Balaban J connectivity index is 1.30. The normalized spacial score (nSPS) is 18.2. The predicted octanol–water partition coefficient (Wildman–Crippen LogP) is 2.84. The van der Waals surface area contributed by atoms with Crippen LogP contribution in [-0.2, 0) is 14.8 Å². The van der Waals surface area contributed by atoms with Crippen molar-refractivity contribution in [1.29, 1.82) is 0 Å². The molecule has 1 amide bonds.